The predicted octanol–water partition coefficient (Wildman–Crippen LogP) is 5.00. The number of halogens is 2. The molecule has 138 valence electrons. The second-order valence-electron chi connectivity index (χ2n) is 6.14. The molecule has 0 saturated heterocycles. The Labute approximate surface area is 157 Å². The van der Waals surface area contributed by atoms with E-state index in [1.54, 1.807) is 30.6 Å². The van der Waals surface area contributed by atoms with Gasteiger partial charge in [0.1, 0.15) is 5.82 Å². The standard InChI is InChI=1S/C19H14F2N2O3S/c1-10-5-15-16(26-19(20,21)25-15)6-13(10)12-3-4-17(22-7-12)23-18(24)14-9-27-8-11(14)2/h3-9H,1-2H3,(H,22,23,24). The molecule has 1 aliphatic rings. The number of ether oxygens (including phenoxy) is 2. The van der Waals surface area contributed by atoms with E-state index in [1.165, 1.54) is 23.5 Å². The molecule has 0 spiro atoms. The summed E-state index contributed by atoms with van der Waals surface area (Å²) >= 11 is 1.46. The number of hydrogen-bond acceptors (Lipinski definition) is 5. The molecule has 0 saturated carbocycles. The van der Waals surface area contributed by atoms with Crippen molar-refractivity contribution in [3.05, 3.63) is 57.9 Å². The van der Waals surface area contributed by atoms with Gasteiger partial charge in [-0.25, -0.2) is 4.98 Å². The van der Waals surface area contributed by atoms with Crippen molar-refractivity contribution in [3.8, 4) is 22.6 Å². The van der Waals surface area contributed by atoms with Crippen LogP contribution in [0.15, 0.2) is 41.2 Å². The highest BCUT2D eigenvalue weighted by Gasteiger charge is 2.43. The van der Waals surface area contributed by atoms with Crippen molar-refractivity contribution in [2.24, 2.45) is 0 Å². The molecule has 1 aliphatic heterocycles. The highest BCUT2D eigenvalue weighted by molar-refractivity contribution is 7.08. The summed E-state index contributed by atoms with van der Waals surface area (Å²) in [5, 5.41) is 6.43. The minimum atomic E-state index is -3.65. The molecule has 2 aromatic heterocycles. The van der Waals surface area contributed by atoms with E-state index in [0.717, 1.165) is 11.1 Å². The third kappa shape index (κ3) is 3.35. The molecule has 0 fully saturated rings. The molecule has 4 rings (SSSR count). The number of carbonyl (C=O) groups is 1. The number of fused-ring (bicyclic) bond motifs is 1. The van der Waals surface area contributed by atoms with Crippen molar-refractivity contribution in [2.75, 3.05) is 5.32 Å². The topological polar surface area (TPSA) is 60.5 Å². The van der Waals surface area contributed by atoms with Gasteiger partial charge in [0.25, 0.3) is 5.91 Å². The number of carbonyl (C=O) groups excluding carboxylic acids is 1. The maximum absolute atomic E-state index is 13.2. The van der Waals surface area contributed by atoms with E-state index in [2.05, 4.69) is 19.8 Å². The number of thiophene rings is 1. The molecule has 0 unspecified atom stereocenters. The first-order valence-electron chi connectivity index (χ1n) is 8.03. The van der Waals surface area contributed by atoms with E-state index in [4.69, 9.17) is 0 Å². The minimum absolute atomic E-state index is 0.00391. The first-order chi connectivity index (χ1) is 12.8. The number of aromatic nitrogens is 1. The van der Waals surface area contributed by atoms with Gasteiger partial charge in [0.2, 0.25) is 0 Å². The number of benzene rings is 1. The number of anilines is 1. The van der Waals surface area contributed by atoms with Gasteiger partial charge in [0.05, 0.1) is 5.56 Å². The van der Waals surface area contributed by atoms with Crippen LogP contribution in [-0.4, -0.2) is 17.2 Å². The van der Waals surface area contributed by atoms with Crippen LogP contribution < -0.4 is 14.8 Å². The lowest BCUT2D eigenvalue weighted by Gasteiger charge is -2.09. The normalized spacial score (nSPS) is 14.2. The van der Waals surface area contributed by atoms with Gasteiger partial charge in [-0.1, -0.05) is 0 Å². The van der Waals surface area contributed by atoms with Gasteiger partial charge >= 0.3 is 6.29 Å². The molecule has 0 atom stereocenters. The van der Waals surface area contributed by atoms with Crippen LogP contribution in [-0.2, 0) is 0 Å². The fraction of sp³-hybridized carbons (Fsp3) is 0.158. The second-order valence-corrected chi connectivity index (χ2v) is 6.88. The Morgan fingerprint density at radius 1 is 1.11 bits per heavy atom. The van der Waals surface area contributed by atoms with E-state index >= 15 is 0 Å². The summed E-state index contributed by atoms with van der Waals surface area (Å²) in [5.41, 5.74) is 3.65. The lowest BCUT2D eigenvalue weighted by molar-refractivity contribution is -0.286. The summed E-state index contributed by atoms with van der Waals surface area (Å²) in [5.74, 6) is 0.157. The van der Waals surface area contributed by atoms with Gasteiger partial charge in [-0.15, -0.1) is 8.78 Å². The number of alkyl halides is 2. The van der Waals surface area contributed by atoms with Gasteiger partial charge in [0.15, 0.2) is 11.5 Å². The van der Waals surface area contributed by atoms with Gasteiger partial charge in [0, 0.05) is 17.1 Å². The number of pyridine rings is 1. The van der Waals surface area contributed by atoms with Crippen LogP contribution in [0.3, 0.4) is 0 Å². The fourth-order valence-electron chi connectivity index (χ4n) is 2.81. The van der Waals surface area contributed by atoms with E-state index in [9.17, 15) is 13.6 Å². The molecule has 0 bridgehead atoms. The minimum Gasteiger partial charge on any atom is -0.395 e. The average Bonchev–Trinajstić information content (AvgIpc) is 3.16. The first-order valence-corrected chi connectivity index (χ1v) is 8.98. The number of hydrogen-bond donors (Lipinski definition) is 1. The summed E-state index contributed by atoms with van der Waals surface area (Å²) in [6.45, 7) is 3.65. The lowest BCUT2D eigenvalue weighted by Crippen LogP contribution is -2.25. The Morgan fingerprint density at radius 3 is 2.48 bits per heavy atom. The van der Waals surface area contributed by atoms with Crippen LogP contribution in [0.4, 0.5) is 14.6 Å². The second kappa shape index (κ2) is 6.31. The van der Waals surface area contributed by atoms with E-state index < -0.39 is 6.29 Å². The predicted molar refractivity (Wildman–Crippen MR) is 97.6 cm³/mol. The van der Waals surface area contributed by atoms with Crippen LogP contribution in [0, 0.1) is 13.8 Å². The molecule has 5 nitrogen and oxygen atoms in total. The van der Waals surface area contributed by atoms with Gasteiger partial charge in [-0.2, -0.15) is 11.3 Å². The molecule has 1 aromatic carbocycles. The number of rotatable bonds is 3. The number of amides is 1. The zero-order valence-corrected chi connectivity index (χ0v) is 15.2. The highest BCUT2D eigenvalue weighted by Crippen LogP contribution is 2.44. The monoisotopic (exact) mass is 388 g/mol. The van der Waals surface area contributed by atoms with Gasteiger partial charge in [-0.05, 0) is 60.2 Å². The van der Waals surface area contributed by atoms with Crippen LogP contribution in [0.25, 0.3) is 11.1 Å². The van der Waals surface area contributed by atoms with Crippen molar-refractivity contribution in [1.82, 2.24) is 4.98 Å². The molecule has 3 aromatic rings. The van der Waals surface area contributed by atoms with E-state index in [-0.39, 0.29) is 17.4 Å². The first kappa shape index (κ1) is 17.4. The van der Waals surface area contributed by atoms with Crippen molar-refractivity contribution in [2.45, 2.75) is 20.1 Å². The summed E-state index contributed by atoms with van der Waals surface area (Å²) in [4.78, 5) is 16.5. The largest absolute Gasteiger partial charge is 0.586 e. The molecular weight excluding hydrogens is 374 g/mol. The molecule has 1 N–H and O–H groups in total. The summed E-state index contributed by atoms with van der Waals surface area (Å²) in [6.07, 6.45) is -2.08. The molecule has 3 heterocycles. The molecule has 27 heavy (non-hydrogen) atoms. The fourth-order valence-corrected chi connectivity index (χ4v) is 3.64. The van der Waals surface area contributed by atoms with Crippen molar-refractivity contribution < 1.29 is 23.0 Å². The summed E-state index contributed by atoms with van der Waals surface area (Å²) in [6, 6.07) is 6.41. The molecule has 8 heteroatoms. The Balaban J connectivity index is 1.57. The van der Waals surface area contributed by atoms with Crippen LogP contribution in [0.5, 0.6) is 11.5 Å². The van der Waals surface area contributed by atoms with Gasteiger partial charge < -0.3 is 14.8 Å². The molecular formula is C19H14F2N2O3S. The molecule has 0 radical (unpaired) electrons. The quantitative estimate of drug-likeness (QED) is 0.686. The third-order valence-corrected chi connectivity index (χ3v) is 5.03. The Kier molecular flexibility index (Phi) is 4.07. The van der Waals surface area contributed by atoms with Gasteiger partial charge in [-0.3, -0.25) is 4.79 Å². The number of aryl methyl sites for hydroxylation is 2. The SMILES string of the molecule is Cc1cscc1C(=O)Nc1ccc(-c2cc3c(cc2C)OC(F)(F)O3)cn1. The van der Waals surface area contributed by atoms with E-state index in [0.29, 0.717) is 22.5 Å². The number of nitrogens with one attached hydrogen (secondary N) is 1. The summed E-state index contributed by atoms with van der Waals surface area (Å²) < 4.78 is 35.4. The Morgan fingerprint density at radius 2 is 1.85 bits per heavy atom. The van der Waals surface area contributed by atoms with Crippen molar-refractivity contribution >= 4 is 23.1 Å². The Bertz CT molecular complexity index is 1030. The van der Waals surface area contributed by atoms with Crippen LogP contribution >= 0.6 is 11.3 Å². The zero-order valence-electron chi connectivity index (χ0n) is 14.4. The highest BCUT2D eigenvalue weighted by atomic mass is 32.1. The Hall–Kier alpha value is -3.00. The average molecular weight is 388 g/mol. The van der Waals surface area contributed by atoms with Crippen molar-refractivity contribution in [1.29, 1.82) is 0 Å². The van der Waals surface area contributed by atoms with E-state index in [1.807, 2.05) is 12.3 Å². The molecule has 0 aliphatic carbocycles. The summed E-state index contributed by atoms with van der Waals surface area (Å²) in [7, 11) is 0. The number of nitrogens with zero attached hydrogens (tertiary/aromatic N) is 1. The lowest BCUT2D eigenvalue weighted by atomic mass is 10.0. The van der Waals surface area contributed by atoms with Crippen LogP contribution in [0.2, 0.25) is 0 Å². The van der Waals surface area contributed by atoms with Crippen LogP contribution in [0.1, 0.15) is 21.5 Å². The zero-order chi connectivity index (χ0) is 19.2. The maximum atomic E-state index is 13.2. The molecule has 1 amide bonds. The third-order valence-electron chi connectivity index (χ3n) is 4.16. The smallest absolute Gasteiger partial charge is 0.395 e. The maximum Gasteiger partial charge on any atom is 0.586 e. The van der Waals surface area contributed by atoms with Crippen molar-refractivity contribution in [3.63, 3.8) is 0 Å².